The second kappa shape index (κ2) is 9.49. The van der Waals surface area contributed by atoms with Crippen molar-refractivity contribution in [2.24, 2.45) is 0 Å². The quantitative estimate of drug-likeness (QED) is 0.462. The van der Waals surface area contributed by atoms with Crippen molar-refractivity contribution in [2.75, 3.05) is 0 Å². The van der Waals surface area contributed by atoms with Gasteiger partial charge in [-0.1, -0.05) is 42.8 Å². The smallest absolute Gasteiger partial charge is 0.306 e. The van der Waals surface area contributed by atoms with Crippen LogP contribution in [0.15, 0.2) is 36.4 Å². The molecule has 0 saturated heterocycles. The Morgan fingerprint density at radius 3 is 2.44 bits per heavy atom. The molecule has 0 unspecified atom stereocenters. The van der Waals surface area contributed by atoms with Crippen LogP contribution in [-0.4, -0.2) is 35.2 Å². The number of ether oxygens (including phenoxy) is 1. The number of hydrogen-bond acceptors (Lipinski definition) is 4. The summed E-state index contributed by atoms with van der Waals surface area (Å²) in [6.07, 6.45) is 10.4. The maximum absolute atomic E-state index is 13.0. The average Bonchev–Trinajstić information content (AvgIpc) is 2.69. The molecule has 3 rings (SSSR count). The third-order valence-corrected chi connectivity index (χ3v) is 5.35. The van der Waals surface area contributed by atoms with Gasteiger partial charge in [0, 0.05) is 24.9 Å². The van der Waals surface area contributed by atoms with E-state index >= 15 is 0 Å². The summed E-state index contributed by atoms with van der Waals surface area (Å²) in [4.78, 5) is 37.9. The molecule has 1 aliphatic heterocycles. The van der Waals surface area contributed by atoms with Crippen molar-refractivity contribution < 1.29 is 19.1 Å². The van der Waals surface area contributed by atoms with Crippen LogP contribution in [-0.2, 0) is 20.9 Å². The Morgan fingerprint density at radius 2 is 1.70 bits per heavy atom. The Morgan fingerprint density at radius 1 is 1.00 bits per heavy atom. The predicted octanol–water partition coefficient (Wildman–Crippen LogP) is 3.81. The molecule has 1 amide bonds. The Balaban J connectivity index is 1.84. The summed E-state index contributed by atoms with van der Waals surface area (Å²) in [5.41, 5.74) is 1.60. The van der Waals surface area contributed by atoms with Gasteiger partial charge in [0.05, 0.1) is 6.04 Å². The minimum Gasteiger partial charge on any atom is -0.460 e. The Hall–Kier alpha value is -2.43. The summed E-state index contributed by atoms with van der Waals surface area (Å²) < 4.78 is 5.77. The van der Waals surface area contributed by atoms with Gasteiger partial charge >= 0.3 is 5.97 Å². The first kappa shape index (κ1) is 19.3. The Labute approximate surface area is 160 Å². The second-order valence-corrected chi connectivity index (χ2v) is 7.31. The minimum atomic E-state index is -0.229. The van der Waals surface area contributed by atoms with Gasteiger partial charge in [0.25, 0.3) is 0 Å². The normalized spacial score (nSPS) is 25.6. The van der Waals surface area contributed by atoms with E-state index < -0.39 is 0 Å². The van der Waals surface area contributed by atoms with Gasteiger partial charge in [0.1, 0.15) is 12.4 Å². The van der Waals surface area contributed by atoms with Gasteiger partial charge in [0.2, 0.25) is 5.91 Å². The standard InChI is InChI=1S/C22H27NO4/c24-16-18-13-11-17(12-14-18)15-23-19-7-5-6-8-20(19)27-22(26)10-4-2-1-3-9-21(23)25/h1-2,11-14,16,19-20H,3-10,15H2/b2-1+/t19-,20-/m1/s1. The van der Waals surface area contributed by atoms with Gasteiger partial charge < -0.3 is 9.64 Å². The number of esters is 1. The molecule has 1 aromatic carbocycles. The zero-order chi connectivity index (χ0) is 19.1. The van der Waals surface area contributed by atoms with Crippen LogP contribution in [0.2, 0.25) is 0 Å². The Bertz CT molecular complexity index is 695. The van der Waals surface area contributed by atoms with E-state index in [0.29, 0.717) is 37.8 Å². The number of nitrogens with zero attached hydrogens (tertiary/aromatic N) is 1. The molecule has 0 spiro atoms. The van der Waals surface area contributed by atoms with Gasteiger partial charge in [0.15, 0.2) is 0 Å². The molecular formula is C22H27NO4. The molecule has 0 aromatic heterocycles. The van der Waals surface area contributed by atoms with Crippen LogP contribution in [0.5, 0.6) is 0 Å². The molecule has 0 radical (unpaired) electrons. The van der Waals surface area contributed by atoms with Gasteiger partial charge in [-0.2, -0.15) is 0 Å². The molecule has 0 bridgehead atoms. The number of allylic oxidation sites excluding steroid dienone is 2. The number of fused-ring (bicyclic) bond motifs is 1. The molecule has 144 valence electrons. The SMILES string of the molecule is O=Cc1ccc(CN2C(=O)CC/C=C/CCC(=O)O[C@@H]3CCCC[C@H]32)cc1. The molecule has 1 saturated carbocycles. The van der Waals surface area contributed by atoms with Crippen molar-refractivity contribution in [3.8, 4) is 0 Å². The van der Waals surface area contributed by atoms with Crippen LogP contribution in [0.3, 0.4) is 0 Å². The number of hydrogen-bond donors (Lipinski definition) is 0. The highest BCUT2D eigenvalue weighted by atomic mass is 16.5. The molecular weight excluding hydrogens is 342 g/mol. The molecule has 1 heterocycles. The summed E-state index contributed by atoms with van der Waals surface area (Å²) in [6, 6.07) is 7.23. The molecule has 1 aliphatic carbocycles. The molecule has 2 atom stereocenters. The van der Waals surface area contributed by atoms with Crippen LogP contribution in [0, 0.1) is 0 Å². The van der Waals surface area contributed by atoms with Crippen molar-refractivity contribution in [2.45, 2.75) is 70.1 Å². The van der Waals surface area contributed by atoms with Crippen molar-refractivity contribution in [1.82, 2.24) is 4.90 Å². The zero-order valence-corrected chi connectivity index (χ0v) is 15.6. The first-order chi connectivity index (χ1) is 13.2. The van der Waals surface area contributed by atoms with E-state index in [0.717, 1.165) is 37.5 Å². The number of rotatable bonds is 3. The van der Waals surface area contributed by atoms with E-state index in [1.807, 2.05) is 29.2 Å². The molecule has 27 heavy (non-hydrogen) atoms. The maximum atomic E-state index is 13.0. The number of carbonyl (C=O) groups is 3. The van der Waals surface area contributed by atoms with E-state index in [1.54, 1.807) is 12.1 Å². The van der Waals surface area contributed by atoms with Gasteiger partial charge in [-0.3, -0.25) is 14.4 Å². The van der Waals surface area contributed by atoms with E-state index in [2.05, 4.69) is 0 Å². The van der Waals surface area contributed by atoms with E-state index in [-0.39, 0.29) is 24.0 Å². The highest BCUT2D eigenvalue weighted by molar-refractivity contribution is 5.77. The largest absolute Gasteiger partial charge is 0.460 e. The summed E-state index contributed by atoms with van der Waals surface area (Å²) in [5.74, 6) is -0.0903. The predicted molar refractivity (Wildman–Crippen MR) is 102 cm³/mol. The molecule has 0 N–H and O–H groups in total. The topological polar surface area (TPSA) is 63.7 Å². The van der Waals surface area contributed by atoms with E-state index in [4.69, 9.17) is 4.74 Å². The van der Waals surface area contributed by atoms with Crippen molar-refractivity contribution in [3.05, 3.63) is 47.5 Å². The Kier molecular flexibility index (Phi) is 6.80. The lowest BCUT2D eigenvalue weighted by Crippen LogP contribution is -2.49. The average molecular weight is 369 g/mol. The first-order valence-corrected chi connectivity index (χ1v) is 9.85. The van der Waals surface area contributed by atoms with Crippen molar-refractivity contribution in [1.29, 1.82) is 0 Å². The highest BCUT2D eigenvalue weighted by Crippen LogP contribution is 2.28. The lowest BCUT2D eigenvalue weighted by atomic mass is 9.90. The minimum absolute atomic E-state index is 0.0793. The first-order valence-electron chi connectivity index (χ1n) is 9.85. The van der Waals surface area contributed by atoms with Gasteiger partial charge in [-0.25, -0.2) is 0 Å². The van der Waals surface area contributed by atoms with Crippen LogP contribution >= 0.6 is 0 Å². The second-order valence-electron chi connectivity index (χ2n) is 7.31. The maximum Gasteiger partial charge on any atom is 0.306 e. The number of benzene rings is 1. The molecule has 1 fully saturated rings. The lowest BCUT2D eigenvalue weighted by Gasteiger charge is -2.39. The van der Waals surface area contributed by atoms with Crippen LogP contribution in [0.1, 0.15) is 67.3 Å². The van der Waals surface area contributed by atoms with Crippen molar-refractivity contribution in [3.63, 3.8) is 0 Å². The van der Waals surface area contributed by atoms with Gasteiger partial charge in [-0.05, 0) is 37.7 Å². The fourth-order valence-electron chi connectivity index (χ4n) is 3.88. The van der Waals surface area contributed by atoms with Crippen LogP contribution in [0.25, 0.3) is 0 Å². The highest BCUT2D eigenvalue weighted by Gasteiger charge is 2.35. The zero-order valence-electron chi connectivity index (χ0n) is 15.6. The third kappa shape index (κ3) is 5.28. The molecule has 5 heteroatoms. The summed E-state index contributed by atoms with van der Waals surface area (Å²) in [6.45, 7) is 0.473. The summed E-state index contributed by atoms with van der Waals surface area (Å²) in [7, 11) is 0. The molecule has 2 aliphatic rings. The summed E-state index contributed by atoms with van der Waals surface area (Å²) in [5, 5.41) is 0. The number of amides is 1. The van der Waals surface area contributed by atoms with Crippen LogP contribution < -0.4 is 0 Å². The number of carbonyl (C=O) groups excluding carboxylic acids is 3. The van der Waals surface area contributed by atoms with Gasteiger partial charge in [-0.15, -0.1) is 0 Å². The lowest BCUT2D eigenvalue weighted by molar-refractivity contribution is -0.159. The van der Waals surface area contributed by atoms with E-state index in [1.165, 1.54) is 0 Å². The third-order valence-electron chi connectivity index (χ3n) is 5.35. The monoisotopic (exact) mass is 369 g/mol. The molecule has 1 aromatic rings. The van der Waals surface area contributed by atoms with Crippen molar-refractivity contribution >= 4 is 18.2 Å². The molecule has 5 nitrogen and oxygen atoms in total. The van der Waals surface area contributed by atoms with Crippen LogP contribution in [0.4, 0.5) is 0 Å². The fourth-order valence-corrected chi connectivity index (χ4v) is 3.88. The fraction of sp³-hybridized carbons (Fsp3) is 0.500. The summed E-state index contributed by atoms with van der Waals surface area (Å²) >= 11 is 0. The van der Waals surface area contributed by atoms with E-state index in [9.17, 15) is 14.4 Å². The number of aldehydes is 1.